The van der Waals surface area contributed by atoms with Gasteiger partial charge in [-0.15, -0.1) is 11.3 Å². The Morgan fingerprint density at radius 1 is 0.443 bits per heavy atom. The molecule has 1 spiro atoms. The van der Waals surface area contributed by atoms with Gasteiger partial charge in [0.25, 0.3) is 5.91 Å². The maximum absolute atomic E-state index is 15.4. The number of thiazole rings is 1. The minimum atomic E-state index is 0.0645. The van der Waals surface area contributed by atoms with Crippen molar-refractivity contribution >= 4 is 23.1 Å². The topological polar surface area (TPSA) is 58.1 Å². The average Bonchev–Trinajstić information content (AvgIpc) is 4.28. The van der Waals surface area contributed by atoms with E-state index in [0.717, 1.165) is 46.3 Å². The van der Waals surface area contributed by atoms with Gasteiger partial charge in [0.2, 0.25) is 0 Å². The number of aromatic nitrogens is 2. The number of hydrogen-bond acceptors (Lipinski definition) is 5. The lowest BCUT2D eigenvalue weighted by atomic mass is 9.75. The van der Waals surface area contributed by atoms with Gasteiger partial charge in [0.15, 0.2) is 0 Å². The molecule has 448 valence electrons. The van der Waals surface area contributed by atoms with E-state index in [2.05, 4.69) is 72.6 Å². The Balaban J connectivity index is 1.11. The molecule has 2 aliphatic rings. The van der Waals surface area contributed by atoms with Crippen LogP contribution in [-0.4, -0.2) is 39.9 Å². The third-order valence-electron chi connectivity index (χ3n) is 18.8. The lowest BCUT2D eigenvalue weighted by Crippen LogP contribution is -2.47. The highest BCUT2D eigenvalue weighted by molar-refractivity contribution is 7.15. The highest BCUT2D eigenvalue weighted by Gasteiger charge is 2.39. The van der Waals surface area contributed by atoms with Gasteiger partial charge in [-0.2, -0.15) is 0 Å². The number of nitrogens with zero attached hydrogens (tertiary/aromatic N) is 3. The molecule has 2 fully saturated rings. The molecule has 0 radical (unpaired) electrons. The molecule has 1 aliphatic carbocycles. The van der Waals surface area contributed by atoms with Crippen LogP contribution in [0.3, 0.4) is 0 Å². The first-order valence-electron chi connectivity index (χ1n) is 35.0. The maximum atomic E-state index is 15.4. The number of amides is 1. The van der Waals surface area contributed by atoms with Crippen molar-refractivity contribution in [3.05, 3.63) is 64.9 Å². The van der Waals surface area contributed by atoms with Gasteiger partial charge in [-0.3, -0.25) is 4.79 Å². The fourth-order valence-corrected chi connectivity index (χ4v) is 14.8. The molecule has 5 nitrogen and oxygen atoms in total. The summed E-state index contributed by atoms with van der Waals surface area (Å²) in [6.45, 7) is 5.64. The third-order valence-corrected chi connectivity index (χ3v) is 19.8. The van der Waals surface area contributed by atoms with Gasteiger partial charge < -0.3 is 10.2 Å². The van der Waals surface area contributed by atoms with Crippen LogP contribution in [0.5, 0.6) is 0 Å². The summed E-state index contributed by atoms with van der Waals surface area (Å²) in [4.78, 5) is 28.6. The summed E-state index contributed by atoms with van der Waals surface area (Å²) in [7, 11) is 0. The van der Waals surface area contributed by atoms with Crippen LogP contribution in [-0.2, 0) is 0 Å². The van der Waals surface area contributed by atoms with Crippen molar-refractivity contribution < 1.29 is 4.79 Å². The van der Waals surface area contributed by atoms with Crippen LogP contribution in [0.4, 0.5) is 5.82 Å². The van der Waals surface area contributed by atoms with Crippen LogP contribution >= 0.6 is 11.3 Å². The summed E-state index contributed by atoms with van der Waals surface area (Å²) in [5.74, 6) is 1.03. The zero-order valence-corrected chi connectivity index (χ0v) is 52.9. The first kappa shape index (κ1) is 67.1. The minimum absolute atomic E-state index is 0.0645. The van der Waals surface area contributed by atoms with Crippen LogP contribution in [0, 0.1) is 19.3 Å². The Hall–Kier alpha value is -2.73. The molecule has 2 aromatic heterocycles. The van der Waals surface area contributed by atoms with E-state index in [0.29, 0.717) is 12.2 Å². The van der Waals surface area contributed by atoms with Crippen molar-refractivity contribution in [1.29, 1.82) is 0 Å². The number of carbonyl (C=O) groups is 1. The zero-order valence-electron chi connectivity index (χ0n) is 52.0. The molecule has 1 saturated heterocycles. The van der Waals surface area contributed by atoms with Crippen LogP contribution < -0.4 is 5.32 Å². The number of benzene rings is 1. The van der Waals surface area contributed by atoms with Gasteiger partial charge in [0.05, 0.1) is 9.88 Å². The molecule has 1 unspecified atom stereocenters. The Bertz CT molecular complexity index is 1890. The Morgan fingerprint density at radius 2 is 0.785 bits per heavy atom. The van der Waals surface area contributed by atoms with Gasteiger partial charge in [-0.25, -0.2) is 9.97 Å². The molecule has 1 N–H and O–H groups in total. The predicted octanol–water partition coefficient (Wildman–Crippen LogP) is 24.0. The summed E-state index contributed by atoms with van der Waals surface area (Å²) in [5.41, 5.74) is 3.05. The molecule has 0 bridgehead atoms. The van der Waals surface area contributed by atoms with Gasteiger partial charge in [-0.1, -0.05) is 338 Å². The molecule has 79 heavy (non-hydrogen) atoms. The number of nitrogens with one attached hydrogen (secondary N) is 1. The van der Waals surface area contributed by atoms with Crippen LogP contribution in [0.15, 0.2) is 48.5 Å². The minimum Gasteiger partial charge on any atom is -0.368 e. The van der Waals surface area contributed by atoms with E-state index < -0.39 is 0 Å². The summed E-state index contributed by atoms with van der Waals surface area (Å²) in [6.07, 6.45) is 72.9. The monoisotopic (exact) mass is 1100 g/mol. The number of carbonyl (C=O) groups excluding carboxylic acids is 1. The SMILES string of the molecule is Cc1cccc(NCC2CC3(CCCCCCCCCCCCCCCCCCCCCCCCCCCCCCCCCCCCCCCCCCCCCCCCN2C(=O)c2nc(C)sc2-c2ccccc2)CCCC3)n1. The third kappa shape index (κ3) is 30.9. The Labute approximate surface area is 493 Å². The van der Waals surface area contributed by atoms with E-state index in [1.807, 2.05) is 0 Å². The molecular formula is C73H124N4OS. The van der Waals surface area contributed by atoms with Crippen molar-refractivity contribution in [2.75, 3.05) is 18.4 Å². The first-order valence-corrected chi connectivity index (χ1v) is 35.9. The molecule has 1 atom stereocenters. The number of aryl methyl sites for hydroxylation is 2. The molecule has 1 aliphatic heterocycles. The predicted molar refractivity (Wildman–Crippen MR) is 347 cm³/mol. The average molecular weight is 1110 g/mol. The molecule has 3 aromatic rings. The lowest BCUT2D eigenvalue weighted by molar-refractivity contribution is 0.0599. The van der Waals surface area contributed by atoms with Crippen molar-refractivity contribution in [2.24, 2.45) is 5.41 Å². The zero-order chi connectivity index (χ0) is 55.4. The normalized spacial score (nSPS) is 22.2. The molecule has 3 heterocycles. The van der Waals surface area contributed by atoms with E-state index in [-0.39, 0.29) is 17.4 Å². The fourth-order valence-electron chi connectivity index (χ4n) is 13.8. The van der Waals surface area contributed by atoms with Crippen LogP contribution in [0.2, 0.25) is 0 Å². The Kier molecular flexibility index (Phi) is 38.0. The van der Waals surface area contributed by atoms with Crippen molar-refractivity contribution in [3.63, 3.8) is 0 Å². The van der Waals surface area contributed by atoms with E-state index >= 15 is 4.79 Å². The van der Waals surface area contributed by atoms with Gasteiger partial charge >= 0.3 is 0 Å². The van der Waals surface area contributed by atoms with E-state index in [1.165, 1.54) is 321 Å². The summed E-state index contributed by atoms with van der Waals surface area (Å²) >= 11 is 1.67. The summed E-state index contributed by atoms with van der Waals surface area (Å²) < 4.78 is 0. The van der Waals surface area contributed by atoms with Gasteiger partial charge in [-0.05, 0) is 69.1 Å². The second-order valence-corrected chi connectivity index (χ2v) is 27.1. The maximum Gasteiger partial charge on any atom is 0.274 e. The second kappa shape index (κ2) is 44.8. The van der Waals surface area contributed by atoms with Gasteiger partial charge in [0, 0.05) is 24.8 Å². The standard InChI is InChI=1S/C73H124N4OS/c1-65-55-54-58-69(75-65)74-64-68-63-73(60-51-52-61-73)59-50-45-43-41-39-37-35-33-31-29-27-25-23-21-19-17-15-13-11-9-7-5-3-4-6-8-10-12-14-16-18-20-22-24-26-28-30-32-34-36-38-40-42-44-46-53-62-77(68)72(78)70-71(79-66(2)76-70)67-56-48-47-49-57-67/h47-49,54-58,68H,3-46,50-53,59-64H2,1-2H3,(H,74,75). The Morgan fingerprint density at radius 3 is 1.15 bits per heavy atom. The highest BCUT2D eigenvalue weighted by Crippen LogP contribution is 2.47. The van der Waals surface area contributed by atoms with E-state index in [9.17, 15) is 0 Å². The molecule has 5 rings (SSSR count). The van der Waals surface area contributed by atoms with E-state index in [1.54, 1.807) is 11.3 Å². The first-order chi connectivity index (χ1) is 39.0. The van der Waals surface area contributed by atoms with E-state index in [4.69, 9.17) is 9.97 Å². The van der Waals surface area contributed by atoms with Crippen molar-refractivity contribution in [1.82, 2.24) is 14.9 Å². The molecule has 1 amide bonds. The fraction of sp³-hybridized carbons (Fsp3) is 0.795. The number of rotatable bonds is 5. The molecule has 6 heteroatoms. The van der Waals surface area contributed by atoms with Crippen LogP contribution in [0.1, 0.15) is 355 Å². The number of anilines is 1. The quantitative estimate of drug-likeness (QED) is 0.277. The second-order valence-electron chi connectivity index (χ2n) is 25.9. The molecule has 1 saturated carbocycles. The highest BCUT2D eigenvalue weighted by atomic mass is 32.1. The largest absolute Gasteiger partial charge is 0.368 e. The smallest absolute Gasteiger partial charge is 0.274 e. The van der Waals surface area contributed by atoms with Gasteiger partial charge in [0.1, 0.15) is 11.5 Å². The van der Waals surface area contributed by atoms with Crippen molar-refractivity contribution in [2.45, 2.75) is 354 Å². The van der Waals surface area contributed by atoms with Crippen LogP contribution in [0.25, 0.3) is 10.4 Å². The summed E-state index contributed by atoms with van der Waals surface area (Å²) in [5, 5.41) is 4.75. The molecular weight excluding hydrogens is 981 g/mol. The summed E-state index contributed by atoms with van der Waals surface area (Å²) in [6, 6.07) is 16.9. The number of hydrogen-bond donors (Lipinski definition) is 1. The lowest BCUT2D eigenvalue weighted by Gasteiger charge is -2.39. The van der Waals surface area contributed by atoms with Crippen molar-refractivity contribution in [3.8, 4) is 10.4 Å². The number of pyridine rings is 1. The molecule has 1 aromatic carbocycles.